The van der Waals surface area contributed by atoms with Crippen LogP contribution in [-0.2, 0) is 22.7 Å². The molecule has 1 N–H and O–H groups in total. The first-order chi connectivity index (χ1) is 13.9. The topological polar surface area (TPSA) is 67.3 Å². The molecule has 1 aromatic carbocycles. The number of hydrogen-bond acceptors (Lipinski definition) is 5. The van der Waals surface area contributed by atoms with Gasteiger partial charge in [0.05, 0.1) is 18.7 Å². The highest BCUT2D eigenvalue weighted by molar-refractivity contribution is 5.79. The minimum absolute atomic E-state index is 0.0174. The molecule has 1 atom stereocenters. The molecule has 2 aromatic rings. The summed E-state index contributed by atoms with van der Waals surface area (Å²) in [4.78, 5) is 23.0. The average Bonchev–Trinajstić information content (AvgIpc) is 2.73. The van der Waals surface area contributed by atoms with Crippen LogP contribution in [0.15, 0.2) is 42.9 Å². The Morgan fingerprint density at radius 1 is 1.21 bits per heavy atom. The number of anilines is 1. The van der Waals surface area contributed by atoms with Crippen LogP contribution in [0, 0.1) is 5.92 Å². The number of benzene rings is 1. The molecular formula is C20H23F3N4O2. The summed E-state index contributed by atoms with van der Waals surface area (Å²) in [5.74, 6) is 0.630. The molecule has 0 saturated carbocycles. The number of nitrogens with zero attached hydrogens (tertiary/aromatic N) is 3. The Balaban J connectivity index is 1.45. The summed E-state index contributed by atoms with van der Waals surface area (Å²) >= 11 is 0. The van der Waals surface area contributed by atoms with Gasteiger partial charge >= 0.3 is 6.18 Å². The summed E-state index contributed by atoms with van der Waals surface area (Å²) in [5, 5.41) is 2.94. The second-order valence-corrected chi connectivity index (χ2v) is 6.99. The normalized spacial score (nSPS) is 17.2. The van der Waals surface area contributed by atoms with E-state index in [-0.39, 0.29) is 18.4 Å². The van der Waals surface area contributed by atoms with E-state index in [1.807, 2.05) is 0 Å². The first-order valence-corrected chi connectivity index (χ1v) is 9.42. The molecule has 6 nitrogen and oxygen atoms in total. The number of alkyl halides is 3. The third-order valence-electron chi connectivity index (χ3n) is 4.69. The Bertz CT molecular complexity index is 785. The molecule has 0 radical (unpaired) electrons. The Morgan fingerprint density at radius 3 is 2.66 bits per heavy atom. The van der Waals surface area contributed by atoms with Crippen LogP contribution < -0.4 is 10.2 Å². The van der Waals surface area contributed by atoms with Gasteiger partial charge in [0.1, 0.15) is 12.4 Å². The summed E-state index contributed by atoms with van der Waals surface area (Å²) < 4.78 is 40.9. The maximum atomic E-state index is 12.6. The van der Waals surface area contributed by atoms with Gasteiger partial charge in [-0.1, -0.05) is 24.3 Å². The fourth-order valence-corrected chi connectivity index (χ4v) is 3.23. The zero-order chi connectivity index (χ0) is 20.7. The summed E-state index contributed by atoms with van der Waals surface area (Å²) in [7, 11) is 0. The maximum absolute atomic E-state index is 12.6. The molecule has 0 aliphatic carbocycles. The Kier molecular flexibility index (Phi) is 7.03. The number of carbonyl (C=O) groups is 1. The Labute approximate surface area is 167 Å². The minimum atomic E-state index is -4.33. The highest BCUT2D eigenvalue weighted by Crippen LogP contribution is 2.21. The van der Waals surface area contributed by atoms with Crippen molar-refractivity contribution in [2.45, 2.75) is 32.2 Å². The lowest BCUT2D eigenvalue weighted by atomic mass is 9.97. The molecule has 156 valence electrons. The van der Waals surface area contributed by atoms with Crippen LogP contribution in [0.5, 0.6) is 0 Å². The molecule has 1 aromatic heterocycles. The van der Waals surface area contributed by atoms with E-state index in [0.29, 0.717) is 18.7 Å². The van der Waals surface area contributed by atoms with Crippen LogP contribution >= 0.6 is 0 Å². The van der Waals surface area contributed by atoms with E-state index < -0.39 is 12.8 Å². The quantitative estimate of drug-likeness (QED) is 0.763. The lowest BCUT2D eigenvalue weighted by Gasteiger charge is -2.32. The molecule has 1 fully saturated rings. The van der Waals surface area contributed by atoms with E-state index in [9.17, 15) is 18.0 Å². The number of nitrogens with one attached hydrogen (secondary N) is 1. The predicted octanol–water partition coefficient (Wildman–Crippen LogP) is 3.09. The largest absolute Gasteiger partial charge is 0.411 e. The van der Waals surface area contributed by atoms with Gasteiger partial charge in [-0.05, 0) is 24.0 Å². The number of carbonyl (C=O) groups excluding carboxylic acids is 1. The smallest absolute Gasteiger partial charge is 0.367 e. The van der Waals surface area contributed by atoms with Crippen molar-refractivity contribution in [2.24, 2.45) is 5.92 Å². The van der Waals surface area contributed by atoms with Crippen molar-refractivity contribution in [3.8, 4) is 0 Å². The maximum Gasteiger partial charge on any atom is 0.411 e. The van der Waals surface area contributed by atoms with Gasteiger partial charge in [0.25, 0.3) is 0 Å². The predicted molar refractivity (Wildman–Crippen MR) is 101 cm³/mol. The van der Waals surface area contributed by atoms with Crippen LogP contribution in [0.4, 0.5) is 19.0 Å². The summed E-state index contributed by atoms with van der Waals surface area (Å²) in [5.41, 5.74) is 1.52. The second-order valence-electron chi connectivity index (χ2n) is 6.99. The standard InChI is InChI=1S/C20H23F3N4O2/c21-20(22,23)14-29-13-16-5-3-15(4-6-16)10-26-19(28)17-2-1-9-27(12-17)18-11-24-7-8-25-18/h3-8,11,17H,1-2,9-10,12-14H2,(H,26,28). The number of aromatic nitrogens is 2. The molecule has 29 heavy (non-hydrogen) atoms. The van der Waals surface area contributed by atoms with Crippen LogP contribution in [0.2, 0.25) is 0 Å². The molecule has 1 aliphatic heterocycles. The number of ether oxygens (including phenoxy) is 1. The van der Waals surface area contributed by atoms with Gasteiger partial charge in [0.2, 0.25) is 5.91 Å². The van der Waals surface area contributed by atoms with E-state index in [0.717, 1.165) is 30.8 Å². The highest BCUT2D eigenvalue weighted by Gasteiger charge is 2.27. The van der Waals surface area contributed by atoms with E-state index in [1.54, 1.807) is 42.9 Å². The van der Waals surface area contributed by atoms with Gasteiger partial charge in [0, 0.05) is 32.0 Å². The molecular weight excluding hydrogens is 385 g/mol. The van der Waals surface area contributed by atoms with E-state index >= 15 is 0 Å². The lowest BCUT2D eigenvalue weighted by molar-refractivity contribution is -0.176. The molecule has 1 amide bonds. The average molecular weight is 408 g/mol. The zero-order valence-electron chi connectivity index (χ0n) is 15.9. The zero-order valence-corrected chi connectivity index (χ0v) is 15.9. The number of hydrogen-bond donors (Lipinski definition) is 1. The third-order valence-corrected chi connectivity index (χ3v) is 4.69. The van der Waals surface area contributed by atoms with Crippen molar-refractivity contribution in [3.05, 3.63) is 54.0 Å². The fraction of sp³-hybridized carbons (Fsp3) is 0.450. The Hall–Kier alpha value is -2.68. The molecule has 9 heteroatoms. The van der Waals surface area contributed by atoms with E-state index in [1.165, 1.54) is 0 Å². The molecule has 1 aliphatic rings. The fourth-order valence-electron chi connectivity index (χ4n) is 3.23. The van der Waals surface area contributed by atoms with Crippen LogP contribution in [0.25, 0.3) is 0 Å². The van der Waals surface area contributed by atoms with Crippen LogP contribution in [0.3, 0.4) is 0 Å². The summed E-state index contributed by atoms with van der Waals surface area (Å²) in [6.07, 6.45) is 2.34. The number of amides is 1. The molecule has 1 saturated heterocycles. The van der Waals surface area contributed by atoms with Gasteiger partial charge in [0.15, 0.2) is 0 Å². The molecule has 2 heterocycles. The molecule has 0 spiro atoms. The van der Waals surface area contributed by atoms with Gasteiger partial charge in [-0.25, -0.2) is 4.98 Å². The van der Waals surface area contributed by atoms with Gasteiger partial charge < -0.3 is 15.0 Å². The van der Waals surface area contributed by atoms with Crippen molar-refractivity contribution < 1.29 is 22.7 Å². The SMILES string of the molecule is O=C(NCc1ccc(COCC(F)(F)F)cc1)C1CCCN(c2cnccn2)C1. The van der Waals surface area contributed by atoms with Crippen molar-refractivity contribution in [1.82, 2.24) is 15.3 Å². The van der Waals surface area contributed by atoms with E-state index in [4.69, 9.17) is 0 Å². The minimum Gasteiger partial charge on any atom is -0.367 e. The van der Waals surface area contributed by atoms with Crippen molar-refractivity contribution in [2.75, 3.05) is 24.6 Å². The number of rotatable bonds is 7. The lowest BCUT2D eigenvalue weighted by Crippen LogP contribution is -2.43. The monoisotopic (exact) mass is 408 g/mol. The van der Waals surface area contributed by atoms with Crippen molar-refractivity contribution in [1.29, 1.82) is 0 Å². The first kappa shape index (κ1) is 21.0. The van der Waals surface area contributed by atoms with Crippen molar-refractivity contribution in [3.63, 3.8) is 0 Å². The van der Waals surface area contributed by atoms with Crippen LogP contribution in [-0.4, -0.2) is 41.7 Å². The molecule has 0 bridgehead atoms. The van der Waals surface area contributed by atoms with Gasteiger partial charge in [-0.15, -0.1) is 0 Å². The van der Waals surface area contributed by atoms with Crippen molar-refractivity contribution >= 4 is 11.7 Å². The third kappa shape index (κ3) is 6.70. The highest BCUT2D eigenvalue weighted by atomic mass is 19.4. The molecule has 3 rings (SSSR count). The van der Waals surface area contributed by atoms with Crippen LogP contribution in [0.1, 0.15) is 24.0 Å². The Morgan fingerprint density at radius 2 is 1.97 bits per heavy atom. The van der Waals surface area contributed by atoms with Gasteiger partial charge in [-0.2, -0.15) is 13.2 Å². The number of halogens is 3. The number of piperidine rings is 1. The van der Waals surface area contributed by atoms with E-state index in [2.05, 4.69) is 24.9 Å². The molecule has 1 unspecified atom stereocenters. The summed E-state index contributed by atoms with van der Waals surface area (Å²) in [6.45, 7) is 0.439. The second kappa shape index (κ2) is 9.69. The first-order valence-electron chi connectivity index (χ1n) is 9.42. The van der Waals surface area contributed by atoms with Gasteiger partial charge in [-0.3, -0.25) is 9.78 Å². The summed E-state index contributed by atoms with van der Waals surface area (Å²) in [6, 6.07) is 6.96.